The molecular formula is C27H38N2. The van der Waals surface area contributed by atoms with E-state index in [0.717, 1.165) is 17.1 Å². The summed E-state index contributed by atoms with van der Waals surface area (Å²) < 4.78 is 0. The number of nitrogens with zero attached hydrogens (tertiary/aromatic N) is 1. The molecular weight excluding hydrogens is 352 g/mol. The first-order chi connectivity index (χ1) is 13.6. The summed E-state index contributed by atoms with van der Waals surface area (Å²) in [7, 11) is 0. The number of aryl methyl sites for hydroxylation is 1. The van der Waals surface area contributed by atoms with E-state index in [1.54, 1.807) is 0 Å². The van der Waals surface area contributed by atoms with Crippen molar-refractivity contribution < 1.29 is 0 Å². The lowest BCUT2D eigenvalue weighted by Gasteiger charge is -2.21. The third-order valence-corrected chi connectivity index (χ3v) is 5.30. The standard InChI is InChI=1S/C27H38N2/c1-17(2)23-13-10-12-20(7)26(23)28-21(8)16-22(9)29-27-24(18(3)4)14-11-15-25(27)19(5)6/h10-19,29H,1-9H3. The number of hydrogen-bond acceptors (Lipinski definition) is 2. The molecule has 0 saturated heterocycles. The van der Waals surface area contributed by atoms with Crippen molar-refractivity contribution in [1.29, 1.82) is 0 Å². The monoisotopic (exact) mass is 390 g/mol. The third kappa shape index (κ3) is 5.82. The Morgan fingerprint density at radius 3 is 1.79 bits per heavy atom. The van der Waals surface area contributed by atoms with Gasteiger partial charge in [0.25, 0.3) is 0 Å². The molecule has 0 aliphatic heterocycles. The number of aliphatic imine (C=N–C) groups is 1. The summed E-state index contributed by atoms with van der Waals surface area (Å²) in [6.45, 7) is 19.8. The van der Waals surface area contributed by atoms with Gasteiger partial charge in [-0.15, -0.1) is 0 Å². The topological polar surface area (TPSA) is 24.4 Å². The van der Waals surface area contributed by atoms with Crippen LogP contribution in [-0.4, -0.2) is 5.71 Å². The second-order valence-electron chi connectivity index (χ2n) is 8.99. The second-order valence-corrected chi connectivity index (χ2v) is 8.99. The molecule has 0 bridgehead atoms. The predicted octanol–water partition coefficient (Wildman–Crippen LogP) is 8.47. The molecule has 29 heavy (non-hydrogen) atoms. The quantitative estimate of drug-likeness (QED) is 0.471. The molecule has 0 aliphatic carbocycles. The van der Waals surface area contributed by atoms with Gasteiger partial charge in [0.2, 0.25) is 0 Å². The zero-order valence-electron chi connectivity index (χ0n) is 19.7. The lowest BCUT2D eigenvalue weighted by molar-refractivity contribution is 0.837. The fourth-order valence-corrected chi connectivity index (χ4v) is 3.75. The molecule has 0 heterocycles. The maximum Gasteiger partial charge on any atom is 0.0696 e. The Hall–Kier alpha value is -2.35. The van der Waals surface area contributed by atoms with Gasteiger partial charge in [-0.3, -0.25) is 4.99 Å². The first kappa shape index (κ1) is 22.9. The van der Waals surface area contributed by atoms with Crippen molar-refractivity contribution in [3.8, 4) is 0 Å². The van der Waals surface area contributed by atoms with Crippen LogP contribution in [0.1, 0.15) is 95.4 Å². The summed E-state index contributed by atoms with van der Waals surface area (Å²) in [6, 6.07) is 13.1. The molecule has 0 saturated carbocycles. The molecule has 0 aromatic heterocycles. The summed E-state index contributed by atoms with van der Waals surface area (Å²) in [5, 5.41) is 3.69. The Morgan fingerprint density at radius 1 is 0.793 bits per heavy atom. The van der Waals surface area contributed by atoms with Crippen LogP contribution in [0, 0.1) is 6.92 Å². The lowest BCUT2D eigenvalue weighted by atomic mass is 9.92. The van der Waals surface area contributed by atoms with Gasteiger partial charge in [0.1, 0.15) is 0 Å². The molecule has 2 aromatic rings. The van der Waals surface area contributed by atoms with Crippen molar-refractivity contribution in [2.75, 3.05) is 5.32 Å². The lowest BCUT2D eigenvalue weighted by Crippen LogP contribution is -2.07. The van der Waals surface area contributed by atoms with E-state index in [-0.39, 0.29) is 0 Å². The highest BCUT2D eigenvalue weighted by atomic mass is 14.9. The minimum Gasteiger partial charge on any atom is -0.359 e. The van der Waals surface area contributed by atoms with E-state index >= 15 is 0 Å². The van der Waals surface area contributed by atoms with Crippen LogP contribution in [0.2, 0.25) is 0 Å². The largest absolute Gasteiger partial charge is 0.359 e. The summed E-state index contributed by atoms with van der Waals surface area (Å²) in [4.78, 5) is 4.98. The maximum absolute atomic E-state index is 4.98. The number of nitrogens with one attached hydrogen (secondary N) is 1. The van der Waals surface area contributed by atoms with E-state index in [1.165, 1.54) is 27.9 Å². The van der Waals surface area contributed by atoms with E-state index in [1.807, 2.05) is 0 Å². The molecule has 0 spiro atoms. The van der Waals surface area contributed by atoms with Crippen molar-refractivity contribution in [3.63, 3.8) is 0 Å². The molecule has 1 N–H and O–H groups in total. The highest BCUT2D eigenvalue weighted by Gasteiger charge is 2.14. The van der Waals surface area contributed by atoms with E-state index in [0.29, 0.717) is 17.8 Å². The molecule has 2 nitrogen and oxygen atoms in total. The molecule has 0 aliphatic rings. The average molecular weight is 391 g/mol. The van der Waals surface area contributed by atoms with Crippen molar-refractivity contribution in [2.24, 2.45) is 4.99 Å². The van der Waals surface area contributed by atoms with Crippen LogP contribution in [0.5, 0.6) is 0 Å². The van der Waals surface area contributed by atoms with Gasteiger partial charge in [-0.25, -0.2) is 0 Å². The van der Waals surface area contributed by atoms with Crippen molar-refractivity contribution in [1.82, 2.24) is 0 Å². The first-order valence-electron chi connectivity index (χ1n) is 10.8. The van der Waals surface area contributed by atoms with Crippen molar-refractivity contribution in [2.45, 2.75) is 80.1 Å². The van der Waals surface area contributed by atoms with Gasteiger partial charge in [-0.1, -0.05) is 77.9 Å². The second kappa shape index (κ2) is 9.91. The highest BCUT2D eigenvalue weighted by molar-refractivity contribution is 5.96. The molecule has 0 atom stereocenters. The molecule has 0 fully saturated rings. The number of hydrogen-bond donors (Lipinski definition) is 1. The summed E-state index contributed by atoms with van der Waals surface area (Å²) in [5.74, 6) is 1.40. The zero-order valence-corrected chi connectivity index (χ0v) is 19.7. The molecule has 2 heteroatoms. The highest BCUT2D eigenvalue weighted by Crippen LogP contribution is 2.33. The van der Waals surface area contributed by atoms with Crippen LogP contribution in [0.25, 0.3) is 0 Å². The minimum atomic E-state index is 0.455. The van der Waals surface area contributed by atoms with Crippen LogP contribution in [-0.2, 0) is 0 Å². The number of para-hydroxylation sites is 2. The summed E-state index contributed by atoms with van der Waals surface area (Å²) in [5.41, 5.74) is 9.73. The molecule has 156 valence electrons. The number of rotatable bonds is 7. The summed E-state index contributed by atoms with van der Waals surface area (Å²) >= 11 is 0. The molecule has 0 amide bonds. The number of allylic oxidation sites excluding steroid dienone is 2. The van der Waals surface area contributed by atoms with E-state index < -0.39 is 0 Å². The normalized spacial score (nSPS) is 13.0. The molecule has 2 rings (SSSR count). The maximum atomic E-state index is 4.98. The summed E-state index contributed by atoms with van der Waals surface area (Å²) in [6.07, 6.45) is 2.15. The zero-order chi connectivity index (χ0) is 21.7. The minimum absolute atomic E-state index is 0.455. The van der Waals surface area contributed by atoms with E-state index in [4.69, 9.17) is 4.99 Å². The van der Waals surface area contributed by atoms with Crippen LogP contribution in [0.15, 0.2) is 53.2 Å². The SMILES string of the molecule is CC(=CC(C)=Nc1c(C)cccc1C(C)C)Nc1c(C(C)C)cccc1C(C)C. The van der Waals surface area contributed by atoms with Crippen LogP contribution in [0.4, 0.5) is 11.4 Å². The number of anilines is 1. The van der Waals surface area contributed by atoms with Gasteiger partial charge >= 0.3 is 0 Å². The van der Waals surface area contributed by atoms with Gasteiger partial charge in [0, 0.05) is 17.1 Å². The first-order valence-corrected chi connectivity index (χ1v) is 10.8. The van der Waals surface area contributed by atoms with Gasteiger partial charge in [0.05, 0.1) is 5.69 Å². The average Bonchev–Trinajstić information content (AvgIpc) is 2.62. The Balaban J connectivity index is 2.40. The Labute approximate surface area is 178 Å². The van der Waals surface area contributed by atoms with Gasteiger partial charge in [-0.2, -0.15) is 0 Å². The smallest absolute Gasteiger partial charge is 0.0696 e. The molecule has 2 aromatic carbocycles. The Kier molecular flexibility index (Phi) is 7.84. The Bertz CT molecular complexity index is 872. The fraction of sp³-hybridized carbons (Fsp3) is 0.444. The number of benzene rings is 2. The molecule has 0 unspecified atom stereocenters. The Morgan fingerprint density at radius 2 is 1.28 bits per heavy atom. The van der Waals surface area contributed by atoms with Gasteiger partial charge < -0.3 is 5.32 Å². The predicted molar refractivity (Wildman–Crippen MR) is 130 cm³/mol. The fourth-order valence-electron chi connectivity index (χ4n) is 3.75. The van der Waals surface area contributed by atoms with Crippen LogP contribution < -0.4 is 5.32 Å². The van der Waals surface area contributed by atoms with E-state index in [2.05, 4.69) is 110 Å². The van der Waals surface area contributed by atoms with Crippen LogP contribution >= 0.6 is 0 Å². The van der Waals surface area contributed by atoms with Crippen LogP contribution in [0.3, 0.4) is 0 Å². The van der Waals surface area contributed by atoms with E-state index in [9.17, 15) is 0 Å². The van der Waals surface area contributed by atoms with Gasteiger partial charge in [-0.05, 0) is 66.9 Å². The van der Waals surface area contributed by atoms with Crippen molar-refractivity contribution >= 4 is 17.1 Å². The molecule has 0 radical (unpaired) electrons. The third-order valence-electron chi connectivity index (χ3n) is 5.30. The van der Waals surface area contributed by atoms with Crippen molar-refractivity contribution in [3.05, 3.63) is 70.4 Å². The van der Waals surface area contributed by atoms with Gasteiger partial charge in [0.15, 0.2) is 0 Å².